The van der Waals surface area contributed by atoms with E-state index in [-0.39, 0.29) is 5.03 Å². The van der Waals surface area contributed by atoms with Gasteiger partial charge >= 0.3 is 0 Å². The fourth-order valence-corrected chi connectivity index (χ4v) is 2.33. The van der Waals surface area contributed by atoms with E-state index in [0.29, 0.717) is 18.8 Å². The van der Waals surface area contributed by atoms with E-state index in [4.69, 9.17) is 0 Å². The minimum atomic E-state index is -3.49. The molecule has 0 amide bonds. The highest BCUT2D eigenvalue weighted by molar-refractivity contribution is 7.89. The zero-order valence-electron chi connectivity index (χ0n) is 8.82. The molecule has 0 saturated carbocycles. The molecule has 0 saturated heterocycles. The molecule has 1 aromatic rings. The number of anilines is 1. The van der Waals surface area contributed by atoms with Crippen LogP contribution >= 0.6 is 0 Å². The molecule has 2 N–H and O–H groups in total. The van der Waals surface area contributed by atoms with Crippen LogP contribution in [0.2, 0.25) is 0 Å². The number of sulfonamides is 1. The first-order valence-corrected chi connectivity index (χ1v) is 6.28. The molecule has 15 heavy (non-hydrogen) atoms. The van der Waals surface area contributed by atoms with Crippen LogP contribution in [0.3, 0.4) is 0 Å². The van der Waals surface area contributed by atoms with E-state index in [1.807, 2.05) is 6.92 Å². The van der Waals surface area contributed by atoms with E-state index in [1.165, 1.54) is 6.20 Å². The average molecular weight is 229 g/mol. The summed E-state index contributed by atoms with van der Waals surface area (Å²) in [6, 6.07) is 3.39. The zero-order chi connectivity index (χ0) is 11.3. The van der Waals surface area contributed by atoms with Gasteiger partial charge in [0.1, 0.15) is 0 Å². The van der Waals surface area contributed by atoms with Crippen molar-refractivity contribution in [3.05, 3.63) is 18.3 Å². The number of aromatic nitrogens is 1. The molecule has 0 aliphatic carbocycles. The first kappa shape index (κ1) is 11.9. The van der Waals surface area contributed by atoms with Crippen molar-refractivity contribution in [3.8, 4) is 0 Å². The van der Waals surface area contributed by atoms with E-state index in [9.17, 15) is 8.42 Å². The smallest absolute Gasteiger partial charge is 0.260 e. The second-order valence-corrected chi connectivity index (χ2v) is 4.57. The number of nitrogens with zero attached hydrogens (tertiary/aromatic N) is 1. The number of hydrogen-bond acceptors (Lipinski definition) is 4. The average Bonchev–Trinajstić information content (AvgIpc) is 2.19. The fourth-order valence-electron chi connectivity index (χ4n) is 1.19. The standard InChI is InChI=1S/C9H15N3O2S/c1-3-10-8-6-5-7-11-9(8)15(13,14)12-4-2/h5-7,10,12H,3-4H2,1-2H3. The highest BCUT2D eigenvalue weighted by atomic mass is 32.2. The van der Waals surface area contributed by atoms with E-state index >= 15 is 0 Å². The Hall–Kier alpha value is -1.14. The second kappa shape index (κ2) is 5.09. The third kappa shape index (κ3) is 2.90. The largest absolute Gasteiger partial charge is 0.383 e. The van der Waals surface area contributed by atoms with Gasteiger partial charge in [0, 0.05) is 19.3 Å². The van der Waals surface area contributed by atoms with Crippen molar-refractivity contribution >= 4 is 15.7 Å². The normalized spacial score (nSPS) is 11.3. The maximum Gasteiger partial charge on any atom is 0.260 e. The first-order chi connectivity index (χ1) is 7.11. The maximum absolute atomic E-state index is 11.7. The summed E-state index contributed by atoms with van der Waals surface area (Å²) in [6.45, 7) is 4.63. The molecule has 0 unspecified atom stereocenters. The Morgan fingerprint density at radius 1 is 1.33 bits per heavy atom. The lowest BCUT2D eigenvalue weighted by atomic mass is 10.4. The van der Waals surface area contributed by atoms with Crippen molar-refractivity contribution in [3.63, 3.8) is 0 Å². The van der Waals surface area contributed by atoms with E-state index < -0.39 is 10.0 Å². The van der Waals surface area contributed by atoms with Crippen LogP contribution in [-0.4, -0.2) is 26.5 Å². The van der Waals surface area contributed by atoms with Gasteiger partial charge in [-0.1, -0.05) is 6.92 Å². The van der Waals surface area contributed by atoms with Gasteiger partial charge in [-0.2, -0.15) is 0 Å². The topological polar surface area (TPSA) is 71.1 Å². The minimum Gasteiger partial charge on any atom is -0.383 e. The molecule has 0 aliphatic rings. The molecular formula is C9H15N3O2S. The van der Waals surface area contributed by atoms with Crippen molar-refractivity contribution in [1.82, 2.24) is 9.71 Å². The second-order valence-electron chi connectivity index (χ2n) is 2.89. The summed E-state index contributed by atoms with van der Waals surface area (Å²) < 4.78 is 25.8. The summed E-state index contributed by atoms with van der Waals surface area (Å²) in [5, 5.41) is 3.01. The Morgan fingerprint density at radius 2 is 2.07 bits per heavy atom. The summed E-state index contributed by atoms with van der Waals surface area (Å²) in [6.07, 6.45) is 1.46. The maximum atomic E-state index is 11.7. The van der Waals surface area contributed by atoms with Crippen LogP contribution in [0, 0.1) is 0 Å². The van der Waals surface area contributed by atoms with Crippen molar-refractivity contribution in [2.24, 2.45) is 0 Å². The monoisotopic (exact) mass is 229 g/mol. The van der Waals surface area contributed by atoms with E-state index in [0.717, 1.165) is 0 Å². The van der Waals surface area contributed by atoms with Gasteiger partial charge in [-0.05, 0) is 19.1 Å². The Balaban J connectivity index is 3.12. The van der Waals surface area contributed by atoms with Crippen LogP contribution < -0.4 is 10.0 Å². The van der Waals surface area contributed by atoms with Gasteiger partial charge < -0.3 is 5.32 Å². The molecule has 0 fully saturated rings. The van der Waals surface area contributed by atoms with Gasteiger partial charge in [-0.3, -0.25) is 0 Å². The van der Waals surface area contributed by atoms with Crippen LogP contribution in [-0.2, 0) is 10.0 Å². The predicted octanol–water partition coefficient (Wildman–Crippen LogP) is 0.812. The lowest BCUT2D eigenvalue weighted by molar-refractivity contribution is 0.580. The molecule has 0 aliphatic heterocycles. The molecule has 0 bridgehead atoms. The van der Waals surface area contributed by atoms with Gasteiger partial charge in [0.15, 0.2) is 5.03 Å². The molecule has 0 aromatic carbocycles. The Morgan fingerprint density at radius 3 is 2.67 bits per heavy atom. The fraction of sp³-hybridized carbons (Fsp3) is 0.444. The van der Waals surface area contributed by atoms with Gasteiger partial charge in [-0.25, -0.2) is 18.1 Å². The molecule has 5 nitrogen and oxygen atoms in total. The lowest BCUT2D eigenvalue weighted by Gasteiger charge is -2.09. The van der Waals surface area contributed by atoms with Crippen LogP contribution in [0.4, 0.5) is 5.69 Å². The van der Waals surface area contributed by atoms with Crippen molar-refractivity contribution in [1.29, 1.82) is 0 Å². The van der Waals surface area contributed by atoms with Crippen LogP contribution in [0.25, 0.3) is 0 Å². The number of rotatable bonds is 5. The summed E-state index contributed by atoms with van der Waals surface area (Å²) in [7, 11) is -3.49. The van der Waals surface area contributed by atoms with Crippen LogP contribution in [0.15, 0.2) is 23.4 Å². The quantitative estimate of drug-likeness (QED) is 0.784. The summed E-state index contributed by atoms with van der Waals surface area (Å²) in [4.78, 5) is 3.87. The molecular weight excluding hydrogens is 214 g/mol. The summed E-state index contributed by atoms with van der Waals surface area (Å²) in [5.74, 6) is 0. The van der Waals surface area contributed by atoms with Crippen LogP contribution in [0.5, 0.6) is 0 Å². The van der Waals surface area contributed by atoms with Crippen molar-refractivity contribution in [2.75, 3.05) is 18.4 Å². The molecule has 0 radical (unpaired) electrons. The van der Waals surface area contributed by atoms with Crippen molar-refractivity contribution in [2.45, 2.75) is 18.9 Å². The van der Waals surface area contributed by atoms with Gasteiger partial charge in [0.2, 0.25) is 0 Å². The Kier molecular flexibility index (Phi) is 4.05. The summed E-state index contributed by atoms with van der Waals surface area (Å²) >= 11 is 0. The highest BCUT2D eigenvalue weighted by Gasteiger charge is 2.18. The van der Waals surface area contributed by atoms with Gasteiger partial charge in [0.05, 0.1) is 5.69 Å². The molecule has 84 valence electrons. The molecule has 1 aromatic heterocycles. The molecule has 0 atom stereocenters. The van der Waals surface area contributed by atoms with Crippen molar-refractivity contribution < 1.29 is 8.42 Å². The number of hydrogen-bond donors (Lipinski definition) is 2. The third-order valence-corrected chi connectivity index (χ3v) is 3.23. The van der Waals surface area contributed by atoms with Crippen LogP contribution in [0.1, 0.15) is 13.8 Å². The third-order valence-electron chi connectivity index (χ3n) is 1.73. The minimum absolute atomic E-state index is 0.0497. The SMILES string of the molecule is CCNc1cccnc1S(=O)(=O)NCC. The molecule has 1 rings (SSSR count). The zero-order valence-corrected chi connectivity index (χ0v) is 9.63. The molecule has 6 heteroatoms. The highest BCUT2D eigenvalue weighted by Crippen LogP contribution is 2.16. The Bertz CT molecular complexity index is 417. The Labute approximate surface area is 90.0 Å². The van der Waals surface area contributed by atoms with E-state index in [2.05, 4.69) is 15.0 Å². The first-order valence-electron chi connectivity index (χ1n) is 4.80. The number of pyridine rings is 1. The van der Waals surface area contributed by atoms with E-state index in [1.54, 1.807) is 19.1 Å². The van der Waals surface area contributed by atoms with Gasteiger partial charge in [0.25, 0.3) is 10.0 Å². The van der Waals surface area contributed by atoms with Gasteiger partial charge in [-0.15, -0.1) is 0 Å². The number of nitrogens with one attached hydrogen (secondary N) is 2. The molecule has 0 spiro atoms. The molecule has 1 heterocycles. The summed E-state index contributed by atoms with van der Waals surface area (Å²) in [5.41, 5.74) is 0.529. The lowest BCUT2D eigenvalue weighted by Crippen LogP contribution is -2.25. The predicted molar refractivity (Wildman–Crippen MR) is 59.3 cm³/mol.